The van der Waals surface area contributed by atoms with E-state index in [1.165, 1.54) is 17.8 Å². The first-order valence-corrected chi connectivity index (χ1v) is 11.4. The van der Waals surface area contributed by atoms with E-state index in [1.54, 1.807) is 37.5 Å². The van der Waals surface area contributed by atoms with Gasteiger partial charge in [-0.05, 0) is 49.7 Å². The van der Waals surface area contributed by atoms with Gasteiger partial charge in [0.05, 0.1) is 16.9 Å². The molecule has 10 heteroatoms. The van der Waals surface area contributed by atoms with Crippen LogP contribution in [-0.2, 0) is 21.2 Å². The number of aryl methyl sites for hydroxylation is 1. The van der Waals surface area contributed by atoms with E-state index in [1.807, 2.05) is 11.5 Å². The molecule has 0 atom stereocenters. The van der Waals surface area contributed by atoms with Crippen LogP contribution in [0.2, 0.25) is 0 Å². The summed E-state index contributed by atoms with van der Waals surface area (Å²) in [5, 5.41) is 11.7. The van der Waals surface area contributed by atoms with Crippen LogP contribution in [0.3, 0.4) is 0 Å². The molecule has 3 rings (SSSR count). The number of benzene rings is 1. The molecule has 0 unspecified atom stereocenters. The number of nitrogens with one attached hydrogen (secondary N) is 1. The van der Waals surface area contributed by atoms with Crippen molar-refractivity contribution in [3.05, 3.63) is 42.2 Å². The molecule has 0 bridgehead atoms. The van der Waals surface area contributed by atoms with Crippen molar-refractivity contribution in [2.45, 2.75) is 30.4 Å². The third-order valence-electron chi connectivity index (χ3n) is 4.01. The maximum atomic E-state index is 12.3. The molecule has 0 saturated carbocycles. The molecule has 2 heterocycles. The van der Waals surface area contributed by atoms with Gasteiger partial charge in [-0.3, -0.25) is 9.36 Å². The van der Waals surface area contributed by atoms with E-state index in [0.29, 0.717) is 34.5 Å². The number of hydrogen-bond acceptors (Lipinski definition) is 7. The fourth-order valence-corrected chi connectivity index (χ4v) is 4.10. The Morgan fingerprint density at radius 3 is 2.68 bits per heavy atom. The zero-order valence-corrected chi connectivity index (χ0v) is 17.3. The molecule has 2 aromatic heterocycles. The number of nitrogens with zero attached hydrogens (tertiary/aromatic N) is 3. The average molecular weight is 421 g/mol. The Morgan fingerprint density at radius 1 is 1.29 bits per heavy atom. The summed E-state index contributed by atoms with van der Waals surface area (Å²) >= 11 is 1.27. The summed E-state index contributed by atoms with van der Waals surface area (Å²) in [6, 6.07) is 8.20. The fraction of sp³-hybridized carbons (Fsp3) is 0.278. The molecule has 1 N–H and O–H groups in total. The minimum absolute atomic E-state index is 0.142. The van der Waals surface area contributed by atoms with Gasteiger partial charge in [0, 0.05) is 18.5 Å². The summed E-state index contributed by atoms with van der Waals surface area (Å²) in [5.41, 5.74) is 1.25. The van der Waals surface area contributed by atoms with Crippen molar-refractivity contribution in [1.29, 1.82) is 0 Å². The average Bonchev–Trinajstić information content (AvgIpc) is 3.29. The lowest BCUT2D eigenvalue weighted by Gasteiger charge is -2.10. The van der Waals surface area contributed by atoms with E-state index in [0.717, 1.165) is 6.26 Å². The van der Waals surface area contributed by atoms with Crippen LogP contribution in [0, 0.1) is 6.92 Å². The monoisotopic (exact) mass is 420 g/mol. The van der Waals surface area contributed by atoms with Crippen LogP contribution in [0.1, 0.15) is 12.5 Å². The van der Waals surface area contributed by atoms with E-state index < -0.39 is 9.84 Å². The lowest BCUT2D eigenvalue weighted by molar-refractivity contribution is -0.113. The van der Waals surface area contributed by atoms with Crippen molar-refractivity contribution in [3.8, 4) is 11.6 Å². The van der Waals surface area contributed by atoms with E-state index in [9.17, 15) is 13.2 Å². The normalized spacial score (nSPS) is 11.5. The van der Waals surface area contributed by atoms with Gasteiger partial charge >= 0.3 is 0 Å². The van der Waals surface area contributed by atoms with Crippen LogP contribution in [-0.4, -0.2) is 41.1 Å². The van der Waals surface area contributed by atoms with Gasteiger partial charge < -0.3 is 9.73 Å². The molecular weight excluding hydrogens is 400 g/mol. The third-order valence-corrected chi connectivity index (χ3v) is 6.08. The number of thioether (sulfide) groups is 1. The smallest absolute Gasteiger partial charge is 0.234 e. The predicted molar refractivity (Wildman–Crippen MR) is 107 cm³/mol. The first-order valence-electron chi connectivity index (χ1n) is 8.50. The van der Waals surface area contributed by atoms with E-state index >= 15 is 0 Å². The molecule has 0 radical (unpaired) electrons. The molecule has 0 spiro atoms. The van der Waals surface area contributed by atoms with Gasteiger partial charge in [-0.1, -0.05) is 11.8 Å². The van der Waals surface area contributed by atoms with Gasteiger partial charge in [-0.15, -0.1) is 10.2 Å². The van der Waals surface area contributed by atoms with Gasteiger partial charge in [-0.25, -0.2) is 8.42 Å². The summed E-state index contributed by atoms with van der Waals surface area (Å²) in [5.74, 6) is 1.16. The number of anilines is 1. The molecule has 1 aromatic carbocycles. The second-order valence-corrected chi connectivity index (χ2v) is 9.07. The summed E-state index contributed by atoms with van der Waals surface area (Å²) in [6.07, 6.45) is 2.72. The number of carbonyl (C=O) groups is 1. The highest BCUT2D eigenvalue weighted by Gasteiger charge is 2.17. The number of amides is 1. The molecule has 148 valence electrons. The summed E-state index contributed by atoms with van der Waals surface area (Å²) in [6.45, 7) is 4.35. The van der Waals surface area contributed by atoms with Crippen molar-refractivity contribution in [1.82, 2.24) is 14.8 Å². The second-order valence-electron chi connectivity index (χ2n) is 6.11. The molecule has 0 fully saturated rings. The van der Waals surface area contributed by atoms with Crippen LogP contribution >= 0.6 is 11.8 Å². The van der Waals surface area contributed by atoms with Gasteiger partial charge in [-0.2, -0.15) is 0 Å². The van der Waals surface area contributed by atoms with Crippen molar-refractivity contribution < 1.29 is 17.6 Å². The first-order chi connectivity index (χ1) is 13.3. The van der Waals surface area contributed by atoms with Crippen LogP contribution in [0.25, 0.3) is 11.6 Å². The van der Waals surface area contributed by atoms with Crippen LogP contribution in [0.15, 0.2) is 51.1 Å². The summed E-state index contributed by atoms with van der Waals surface area (Å²) < 4.78 is 30.5. The van der Waals surface area contributed by atoms with Crippen molar-refractivity contribution in [3.63, 3.8) is 0 Å². The Morgan fingerprint density at radius 2 is 2.07 bits per heavy atom. The molecular formula is C18H20N4O4S2. The predicted octanol–water partition coefficient (Wildman–Crippen LogP) is 3.00. The molecule has 0 aliphatic heterocycles. The minimum Gasteiger partial charge on any atom is -0.461 e. The van der Waals surface area contributed by atoms with Crippen LogP contribution in [0.4, 0.5) is 5.69 Å². The Bertz CT molecular complexity index is 1090. The molecule has 0 aliphatic carbocycles. The molecule has 3 aromatic rings. The lowest BCUT2D eigenvalue weighted by Crippen LogP contribution is -2.15. The molecule has 28 heavy (non-hydrogen) atoms. The molecule has 1 amide bonds. The third kappa shape index (κ3) is 4.45. The van der Waals surface area contributed by atoms with Crippen molar-refractivity contribution in [2.24, 2.45) is 0 Å². The second kappa shape index (κ2) is 8.19. The Labute approximate surface area is 167 Å². The Balaban J connectivity index is 1.67. The minimum atomic E-state index is -3.28. The van der Waals surface area contributed by atoms with E-state index in [4.69, 9.17) is 4.42 Å². The molecule has 0 saturated heterocycles. The van der Waals surface area contributed by atoms with Crippen molar-refractivity contribution in [2.75, 3.05) is 17.3 Å². The number of furan rings is 1. The number of sulfone groups is 1. The van der Waals surface area contributed by atoms with Gasteiger partial charge in [0.25, 0.3) is 0 Å². The highest BCUT2D eigenvalue weighted by atomic mass is 32.2. The van der Waals surface area contributed by atoms with Crippen LogP contribution in [0.5, 0.6) is 0 Å². The van der Waals surface area contributed by atoms with Gasteiger partial charge in [0.2, 0.25) is 5.91 Å². The van der Waals surface area contributed by atoms with Crippen LogP contribution < -0.4 is 5.32 Å². The quantitative estimate of drug-likeness (QED) is 0.586. The highest BCUT2D eigenvalue weighted by Crippen LogP contribution is 2.25. The lowest BCUT2D eigenvalue weighted by atomic mass is 10.2. The number of aromatic nitrogens is 3. The highest BCUT2D eigenvalue weighted by molar-refractivity contribution is 7.99. The number of hydrogen-bond donors (Lipinski definition) is 1. The topological polar surface area (TPSA) is 107 Å². The largest absolute Gasteiger partial charge is 0.461 e. The zero-order valence-electron chi connectivity index (χ0n) is 15.7. The first kappa shape index (κ1) is 20.2. The number of carbonyl (C=O) groups excluding carboxylic acids is 1. The summed E-state index contributed by atoms with van der Waals surface area (Å²) in [7, 11) is -3.28. The van der Waals surface area contributed by atoms with Crippen molar-refractivity contribution >= 4 is 33.2 Å². The molecule has 8 nitrogen and oxygen atoms in total. The van der Waals surface area contributed by atoms with E-state index in [2.05, 4.69) is 15.5 Å². The van der Waals surface area contributed by atoms with Gasteiger partial charge in [0.1, 0.15) is 0 Å². The molecule has 0 aliphatic rings. The van der Waals surface area contributed by atoms with Gasteiger partial charge in [0.15, 0.2) is 26.6 Å². The maximum absolute atomic E-state index is 12.3. The number of rotatable bonds is 7. The Hall–Kier alpha value is -2.59. The summed E-state index contributed by atoms with van der Waals surface area (Å²) in [4.78, 5) is 12.5. The fourth-order valence-electron chi connectivity index (χ4n) is 2.59. The SMILES string of the molecule is CCn1c(SCC(=O)Nc2ccc(S(C)(=O)=O)cc2C)nnc1-c1ccco1. The Kier molecular flexibility index (Phi) is 5.90. The zero-order chi connectivity index (χ0) is 20.3. The van der Waals surface area contributed by atoms with E-state index in [-0.39, 0.29) is 16.6 Å². The maximum Gasteiger partial charge on any atom is 0.234 e. The standard InChI is InChI=1S/C18H20N4O4S2/c1-4-22-17(15-6-5-9-26-15)20-21-18(22)27-11-16(23)19-14-8-7-13(10-12(14)2)28(3,24)25/h5-10H,4,11H2,1-3H3,(H,19,23).